The number of H-pyrrole nitrogens is 1. The standard InChI is InChI=1S/C34H42N4O4/c1-5-38(34(41)27-7-6-8-27)31-19-28(26-11-9-25(10-12-26)21-37-13-15-42-16-14-37)18-29(24(31)4)32(39)35-20-30-22(2)17-23(3)36-33(30)40/h9-12,17-19,27H,5-8,13-16,20-21H2,1-4H3,(H,35,39)(H,36,40). The Morgan fingerprint density at radius 3 is 2.36 bits per heavy atom. The molecule has 3 aromatic rings. The molecule has 1 aliphatic carbocycles. The molecule has 1 aliphatic heterocycles. The Morgan fingerprint density at radius 1 is 1.02 bits per heavy atom. The number of aromatic nitrogens is 1. The van der Waals surface area contributed by atoms with Gasteiger partial charge in [0.15, 0.2) is 0 Å². The first-order chi connectivity index (χ1) is 20.2. The highest BCUT2D eigenvalue weighted by atomic mass is 16.5. The van der Waals surface area contributed by atoms with Crippen LogP contribution >= 0.6 is 0 Å². The number of anilines is 1. The highest BCUT2D eigenvalue weighted by Gasteiger charge is 2.31. The highest BCUT2D eigenvalue weighted by Crippen LogP contribution is 2.35. The fourth-order valence-electron chi connectivity index (χ4n) is 5.89. The predicted octanol–water partition coefficient (Wildman–Crippen LogP) is 4.88. The van der Waals surface area contributed by atoms with Gasteiger partial charge in [0.1, 0.15) is 0 Å². The predicted molar refractivity (Wildman–Crippen MR) is 166 cm³/mol. The molecule has 2 aliphatic rings. The van der Waals surface area contributed by atoms with E-state index in [0.717, 1.165) is 85.7 Å². The van der Waals surface area contributed by atoms with Crippen LogP contribution < -0.4 is 15.8 Å². The minimum absolute atomic E-state index is 0.0426. The molecule has 1 saturated heterocycles. The number of aromatic amines is 1. The van der Waals surface area contributed by atoms with E-state index in [1.54, 1.807) is 0 Å². The highest BCUT2D eigenvalue weighted by molar-refractivity contribution is 6.02. The second-order valence-electron chi connectivity index (χ2n) is 11.6. The van der Waals surface area contributed by atoms with E-state index in [9.17, 15) is 14.4 Å². The Labute approximate surface area is 248 Å². The molecule has 1 saturated carbocycles. The van der Waals surface area contributed by atoms with E-state index in [0.29, 0.717) is 17.7 Å². The van der Waals surface area contributed by atoms with Gasteiger partial charge in [-0.15, -0.1) is 0 Å². The maximum absolute atomic E-state index is 13.7. The minimum Gasteiger partial charge on any atom is -0.379 e. The van der Waals surface area contributed by atoms with Gasteiger partial charge in [0.2, 0.25) is 5.91 Å². The third-order valence-electron chi connectivity index (χ3n) is 8.67. The topological polar surface area (TPSA) is 94.7 Å². The molecule has 0 radical (unpaired) electrons. The van der Waals surface area contributed by atoms with E-state index in [-0.39, 0.29) is 29.8 Å². The molecule has 0 bridgehead atoms. The molecule has 42 heavy (non-hydrogen) atoms. The van der Waals surface area contributed by atoms with Crippen LogP contribution in [0.3, 0.4) is 0 Å². The molecule has 0 atom stereocenters. The third kappa shape index (κ3) is 6.50. The Bertz CT molecular complexity index is 1500. The van der Waals surface area contributed by atoms with Crippen LogP contribution in [0.1, 0.15) is 64.5 Å². The quantitative estimate of drug-likeness (QED) is 0.382. The Hall–Kier alpha value is -3.75. The van der Waals surface area contributed by atoms with Crippen molar-refractivity contribution in [2.45, 2.75) is 60.0 Å². The number of ether oxygens (including phenoxy) is 1. The number of amides is 2. The lowest BCUT2D eigenvalue weighted by Gasteiger charge is -2.32. The molecular formula is C34H42N4O4. The number of rotatable bonds is 9. The zero-order valence-electron chi connectivity index (χ0n) is 25.2. The lowest BCUT2D eigenvalue weighted by atomic mass is 9.84. The van der Waals surface area contributed by atoms with E-state index < -0.39 is 0 Å². The van der Waals surface area contributed by atoms with Crippen LogP contribution in [0.25, 0.3) is 11.1 Å². The van der Waals surface area contributed by atoms with Crippen molar-refractivity contribution in [3.8, 4) is 11.1 Å². The van der Waals surface area contributed by atoms with Gasteiger partial charge in [-0.3, -0.25) is 19.3 Å². The molecule has 1 aromatic heterocycles. The van der Waals surface area contributed by atoms with Crippen LogP contribution in [-0.2, 0) is 22.6 Å². The molecule has 5 rings (SSSR count). The summed E-state index contributed by atoms with van der Waals surface area (Å²) in [5.74, 6) is -0.106. The summed E-state index contributed by atoms with van der Waals surface area (Å²) in [7, 11) is 0. The van der Waals surface area contributed by atoms with E-state index in [1.165, 1.54) is 5.56 Å². The van der Waals surface area contributed by atoms with E-state index in [4.69, 9.17) is 4.74 Å². The molecule has 2 fully saturated rings. The summed E-state index contributed by atoms with van der Waals surface area (Å²) in [5, 5.41) is 2.97. The smallest absolute Gasteiger partial charge is 0.253 e. The van der Waals surface area contributed by atoms with E-state index in [1.807, 2.05) is 50.8 Å². The third-order valence-corrected chi connectivity index (χ3v) is 8.67. The summed E-state index contributed by atoms with van der Waals surface area (Å²) < 4.78 is 5.48. The fourth-order valence-corrected chi connectivity index (χ4v) is 5.89. The van der Waals surface area contributed by atoms with Gasteiger partial charge < -0.3 is 19.9 Å². The number of carbonyl (C=O) groups is 2. The summed E-state index contributed by atoms with van der Waals surface area (Å²) in [6, 6.07) is 14.3. The monoisotopic (exact) mass is 570 g/mol. The van der Waals surface area contributed by atoms with Crippen molar-refractivity contribution in [3.05, 3.63) is 86.3 Å². The van der Waals surface area contributed by atoms with Gasteiger partial charge in [0.25, 0.3) is 11.5 Å². The van der Waals surface area contributed by atoms with Crippen LogP contribution in [0.15, 0.2) is 47.3 Å². The zero-order valence-corrected chi connectivity index (χ0v) is 25.2. The van der Waals surface area contributed by atoms with Crippen molar-refractivity contribution in [1.82, 2.24) is 15.2 Å². The Morgan fingerprint density at radius 2 is 1.74 bits per heavy atom. The number of benzene rings is 2. The summed E-state index contributed by atoms with van der Waals surface area (Å²) in [5.41, 5.74) is 7.06. The molecule has 2 aromatic carbocycles. The second-order valence-corrected chi connectivity index (χ2v) is 11.6. The van der Waals surface area contributed by atoms with Crippen molar-refractivity contribution >= 4 is 17.5 Å². The van der Waals surface area contributed by atoms with Crippen molar-refractivity contribution in [1.29, 1.82) is 0 Å². The second kappa shape index (κ2) is 13.0. The summed E-state index contributed by atoms with van der Waals surface area (Å²) in [6.45, 7) is 12.5. The van der Waals surface area contributed by atoms with Crippen LogP contribution in [0.4, 0.5) is 5.69 Å². The normalized spacial score (nSPS) is 15.7. The van der Waals surface area contributed by atoms with E-state index in [2.05, 4.69) is 39.5 Å². The molecule has 2 N–H and O–H groups in total. The van der Waals surface area contributed by atoms with Gasteiger partial charge in [0, 0.05) is 61.1 Å². The van der Waals surface area contributed by atoms with Crippen molar-refractivity contribution < 1.29 is 14.3 Å². The van der Waals surface area contributed by atoms with Gasteiger partial charge in [-0.25, -0.2) is 0 Å². The van der Waals surface area contributed by atoms with Crippen molar-refractivity contribution in [2.75, 3.05) is 37.7 Å². The first-order valence-electron chi connectivity index (χ1n) is 15.1. The Kier molecular flexibility index (Phi) is 9.24. The maximum atomic E-state index is 13.7. The number of nitrogens with one attached hydrogen (secondary N) is 2. The molecule has 222 valence electrons. The number of nitrogens with zero attached hydrogens (tertiary/aromatic N) is 2. The average Bonchev–Trinajstić information content (AvgIpc) is 2.93. The lowest BCUT2D eigenvalue weighted by Crippen LogP contribution is -2.39. The number of morpholine rings is 1. The first-order valence-corrected chi connectivity index (χ1v) is 15.1. The number of carbonyl (C=O) groups excluding carboxylic acids is 2. The zero-order chi connectivity index (χ0) is 29.8. The number of pyridine rings is 1. The molecule has 0 spiro atoms. The number of hydrogen-bond donors (Lipinski definition) is 2. The number of hydrogen-bond acceptors (Lipinski definition) is 5. The van der Waals surface area contributed by atoms with Crippen molar-refractivity contribution in [3.63, 3.8) is 0 Å². The Balaban J connectivity index is 1.47. The molecule has 0 unspecified atom stereocenters. The van der Waals surface area contributed by atoms with Gasteiger partial charge >= 0.3 is 0 Å². The van der Waals surface area contributed by atoms with Gasteiger partial charge in [-0.05, 0) is 86.6 Å². The molecule has 8 heteroatoms. The SMILES string of the molecule is CCN(C(=O)C1CCC1)c1cc(-c2ccc(CN3CCOCC3)cc2)cc(C(=O)NCc2c(C)cc(C)[nH]c2=O)c1C. The molecule has 2 amide bonds. The summed E-state index contributed by atoms with van der Waals surface area (Å²) in [4.78, 5) is 46.7. The summed E-state index contributed by atoms with van der Waals surface area (Å²) >= 11 is 0. The van der Waals surface area contributed by atoms with Gasteiger partial charge in [-0.1, -0.05) is 30.7 Å². The average molecular weight is 571 g/mol. The first kappa shape index (κ1) is 29.7. The van der Waals surface area contributed by atoms with Crippen LogP contribution in [0.2, 0.25) is 0 Å². The largest absolute Gasteiger partial charge is 0.379 e. The van der Waals surface area contributed by atoms with Gasteiger partial charge in [0.05, 0.1) is 13.2 Å². The molecule has 2 heterocycles. The van der Waals surface area contributed by atoms with Gasteiger partial charge in [-0.2, -0.15) is 0 Å². The fraction of sp³-hybridized carbons (Fsp3) is 0.441. The molecular weight excluding hydrogens is 528 g/mol. The maximum Gasteiger partial charge on any atom is 0.253 e. The summed E-state index contributed by atoms with van der Waals surface area (Å²) in [6.07, 6.45) is 2.90. The van der Waals surface area contributed by atoms with Crippen LogP contribution in [0.5, 0.6) is 0 Å². The lowest BCUT2D eigenvalue weighted by molar-refractivity contribution is -0.124. The van der Waals surface area contributed by atoms with Crippen LogP contribution in [-0.4, -0.2) is 54.5 Å². The van der Waals surface area contributed by atoms with Crippen molar-refractivity contribution in [2.24, 2.45) is 5.92 Å². The minimum atomic E-state index is -0.272. The van der Waals surface area contributed by atoms with Crippen LogP contribution in [0, 0.1) is 26.7 Å². The van der Waals surface area contributed by atoms with E-state index >= 15 is 0 Å². The number of aryl methyl sites for hydroxylation is 2. The molecule has 8 nitrogen and oxygen atoms in total.